The highest BCUT2D eigenvalue weighted by atomic mass is 35.5. The number of aromatic nitrogens is 2. The molecule has 5 nitrogen and oxygen atoms in total. The normalized spacial score (nSPS) is 12.3. The van der Waals surface area contributed by atoms with Crippen LogP contribution in [-0.2, 0) is 15.4 Å². The number of para-hydroxylation sites is 1. The summed E-state index contributed by atoms with van der Waals surface area (Å²) >= 11 is 14.4. The van der Waals surface area contributed by atoms with Crippen LogP contribution in [0.4, 0.5) is 0 Å². The molecule has 0 aliphatic carbocycles. The average Bonchev–Trinajstić information content (AvgIpc) is 3.34. The van der Waals surface area contributed by atoms with E-state index in [9.17, 15) is 13.5 Å². The van der Waals surface area contributed by atoms with Crippen LogP contribution in [0.15, 0.2) is 65.7 Å². The summed E-state index contributed by atoms with van der Waals surface area (Å²) in [5, 5.41) is 11.5. The number of hydrogen-bond acceptors (Lipinski definition) is 5. The van der Waals surface area contributed by atoms with E-state index in [2.05, 4.69) is 4.98 Å². The van der Waals surface area contributed by atoms with Crippen LogP contribution in [0.1, 0.15) is 19.5 Å². The maximum Gasteiger partial charge on any atom is 0.175 e. The molecule has 0 aliphatic rings. The summed E-state index contributed by atoms with van der Waals surface area (Å²) in [4.78, 5) is 6.65. The predicted molar refractivity (Wildman–Crippen MR) is 131 cm³/mol. The molecule has 0 spiro atoms. The van der Waals surface area contributed by atoms with Crippen LogP contribution in [0.2, 0.25) is 10.0 Å². The van der Waals surface area contributed by atoms with Gasteiger partial charge in [-0.1, -0.05) is 41.4 Å². The Morgan fingerprint density at radius 2 is 1.62 bits per heavy atom. The molecule has 4 aromatic rings. The number of thiophene rings is 1. The summed E-state index contributed by atoms with van der Waals surface area (Å²) in [5.41, 5.74) is 0.665. The van der Waals surface area contributed by atoms with Gasteiger partial charge in [-0.3, -0.25) is 4.57 Å². The van der Waals surface area contributed by atoms with E-state index in [1.54, 1.807) is 61.0 Å². The quantitative estimate of drug-likeness (QED) is 0.349. The number of aliphatic hydroxyl groups is 1. The molecule has 2 heterocycles. The minimum Gasteiger partial charge on any atom is -0.384 e. The molecule has 4 rings (SSSR count). The first-order chi connectivity index (χ1) is 14.9. The zero-order valence-electron chi connectivity index (χ0n) is 17.5. The van der Waals surface area contributed by atoms with Crippen molar-refractivity contribution in [2.75, 3.05) is 6.26 Å². The van der Waals surface area contributed by atoms with Crippen LogP contribution < -0.4 is 0 Å². The van der Waals surface area contributed by atoms with Crippen molar-refractivity contribution < 1.29 is 13.5 Å². The Hall–Kier alpha value is -2.16. The zero-order chi connectivity index (χ0) is 23.3. The van der Waals surface area contributed by atoms with Crippen LogP contribution >= 0.6 is 34.5 Å². The third kappa shape index (κ3) is 4.49. The van der Waals surface area contributed by atoms with E-state index in [0.29, 0.717) is 27.3 Å². The summed E-state index contributed by atoms with van der Waals surface area (Å²) < 4.78 is 25.7. The average molecular weight is 507 g/mol. The van der Waals surface area contributed by atoms with E-state index in [1.165, 1.54) is 17.6 Å². The lowest BCUT2D eigenvalue weighted by molar-refractivity contribution is 0.0743. The molecule has 166 valence electrons. The van der Waals surface area contributed by atoms with Crippen LogP contribution in [-0.4, -0.2) is 29.3 Å². The number of halogens is 2. The Labute approximate surface area is 200 Å². The minimum absolute atomic E-state index is 0.263. The first-order valence-corrected chi connectivity index (χ1v) is 13.1. The number of hydrogen-bond donors (Lipinski definition) is 1. The standard InChI is InChI=1S/C23H20Cl2N2O3S2/c1-23(2,28)20-13-27(21-16(24)8-5-9-17(21)25)22(26-20)19-11-10-18(31-19)14-6-4-7-15(12-14)32(3,29)30/h4-13,28H,1-3H3. The Morgan fingerprint density at radius 1 is 1.00 bits per heavy atom. The molecule has 2 aromatic carbocycles. The number of imidazole rings is 1. The molecule has 9 heteroatoms. The van der Waals surface area contributed by atoms with E-state index < -0.39 is 15.4 Å². The fourth-order valence-corrected chi connectivity index (χ4v) is 5.47. The van der Waals surface area contributed by atoms with Crippen LogP contribution in [0.5, 0.6) is 0 Å². The van der Waals surface area contributed by atoms with E-state index >= 15 is 0 Å². The molecule has 0 atom stereocenters. The van der Waals surface area contributed by atoms with Gasteiger partial charge in [0, 0.05) is 17.3 Å². The van der Waals surface area contributed by atoms with Crippen molar-refractivity contribution in [2.45, 2.75) is 24.3 Å². The first-order valence-electron chi connectivity index (χ1n) is 9.62. The maximum atomic E-state index is 11.9. The molecule has 2 aromatic heterocycles. The predicted octanol–water partition coefficient (Wildman–Crippen LogP) is 6.21. The Balaban J connectivity index is 1.87. The van der Waals surface area contributed by atoms with E-state index in [0.717, 1.165) is 15.3 Å². The lowest BCUT2D eigenvalue weighted by Crippen LogP contribution is -2.15. The molecule has 0 amide bonds. The molecule has 0 aliphatic heterocycles. The fraction of sp³-hybridized carbons (Fsp3) is 0.174. The number of benzene rings is 2. The summed E-state index contributed by atoms with van der Waals surface area (Å²) in [6.07, 6.45) is 2.92. The van der Waals surface area contributed by atoms with Gasteiger partial charge < -0.3 is 5.11 Å². The van der Waals surface area contributed by atoms with Gasteiger partial charge >= 0.3 is 0 Å². The Bertz CT molecular complexity index is 1400. The van der Waals surface area contributed by atoms with Gasteiger partial charge in [0.05, 0.1) is 31.2 Å². The number of nitrogens with zero attached hydrogens (tertiary/aromatic N) is 2. The van der Waals surface area contributed by atoms with Gasteiger partial charge in [0.1, 0.15) is 5.60 Å². The lowest BCUT2D eigenvalue weighted by Gasteiger charge is -2.13. The molecule has 32 heavy (non-hydrogen) atoms. The molecule has 0 saturated carbocycles. The summed E-state index contributed by atoms with van der Waals surface area (Å²) in [6, 6.07) is 15.9. The minimum atomic E-state index is -3.31. The molecular formula is C23H20Cl2N2O3S2. The largest absolute Gasteiger partial charge is 0.384 e. The van der Waals surface area contributed by atoms with E-state index in [-0.39, 0.29) is 4.90 Å². The van der Waals surface area contributed by atoms with Gasteiger partial charge in [0.25, 0.3) is 0 Å². The van der Waals surface area contributed by atoms with Crippen molar-refractivity contribution in [3.8, 4) is 26.8 Å². The van der Waals surface area contributed by atoms with Crippen LogP contribution in [0, 0.1) is 0 Å². The molecule has 0 bridgehead atoms. The highest BCUT2D eigenvalue weighted by Crippen LogP contribution is 2.39. The second kappa shape index (κ2) is 8.32. The first kappa shape index (κ1) is 23.0. The van der Waals surface area contributed by atoms with Gasteiger partial charge in [-0.25, -0.2) is 13.4 Å². The molecule has 0 unspecified atom stereocenters. The van der Waals surface area contributed by atoms with Crippen LogP contribution in [0.3, 0.4) is 0 Å². The van der Waals surface area contributed by atoms with Crippen molar-refractivity contribution in [3.05, 3.63) is 76.5 Å². The molecule has 0 fully saturated rings. The van der Waals surface area contributed by atoms with Crippen molar-refractivity contribution in [1.29, 1.82) is 0 Å². The SMILES string of the molecule is CC(C)(O)c1cn(-c2c(Cl)cccc2Cl)c(-c2ccc(-c3cccc(S(C)(=O)=O)c3)s2)n1. The fourth-order valence-electron chi connectivity index (χ4n) is 3.23. The Morgan fingerprint density at radius 3 is 2.25 bits per heavy atom. The second-order valence-electron chi connectivity index (χ2n) is 7.91. The maximum absolute atomic E-state index is 11.9. The lowest BCUT2D eigenvalue weighted by atomic mass is 10.1. The van der Waals surface area contributed by atoms with E-state index in [1.807, 2.05) is 18.2 Å². The van der Waals surface area contributed by atoms with Crippen molar-refractivity contribution in [2.24, 2.45) is 0 Å². The molecule has 0 radical (unpaired) electrons. The third-order valence-corrected chi connectivity index (χ3v) is 7.73. The van der Waals surface area contributed by atoms with Gasteiger partial charge in [-0.2, -0.15) is 0 Å². The summed E-state index contributed by atoms with van der Waals surface area (Å²) in [6.45, 7) is 3.32. The zero-order valence-corrected chi connectivity index (χ0v) is 20.6. The van der Waals surface area contributed by atoms with Crippen molar-refractivity contribution in [3.63, 3.8) is 0 Å². The smallest absolute Gasteiger partial charge is 0.175 e. The molecule has 1 N–H and O–H groups in total. The third-order valence-electron chi connectivity index (χ3n) is 4.88. The van der Waals surface area contributed by atoms with Gasteiger partial charge in [-0.15, -0.1) is 11.3 Å². The number of rotatable bonds is 5. The van der Waals surface area contributed by atoms with Crippen LogP contribution in [0.25, 0.3) is 26.8 Å². The van der Waals surface area contributed by atoms with Crippen molar-refractivity contribution >= 4 is 44.4 Å². The van der Waals surface area contributed by atoms with Gasteiger partial charge in [-0.05, 0) is 55.8 Å². The molecule has 0 saturated heterocycles. The number of sulfone groups is 1. The van der Waals surface area contributed by atoms with Gasteiger partial charge in [0.15, 0.2) is 15.7 Å². The van der Waals surface area contributed by atoms with Crippen molar-refractivity contribution in [1.82, 2.24) is 9.55 Å². The highest BCUT2D eigenvalue weighted by molar-refractivity contribution is 7.90. The summed E-state index contributed by atoms with van der Waals surface area (Å²) in [5.74, 6) is 0.577. The van der Waals surface area contributed by atoms with E-state index in [4.69, 9.17) is 23.2 Å². The van der Waals surface area contributed by atoms with Gasteiger partial charge in [0.2, 0.25) is 0 Å². The molecular weight excluding hydrogens is 487 g/mol. The highest BCUT2D eigenvalue weighted by Gasteiger charge is 2.25. The topological polar surface area (TPSA) is 72.2 Å². The summed E-state index contributed by atoms with van der Waals surface area (Å²) in [7, 11) is -3.31. The monoisotopic (exact) mass is 506 g/mol. The Kier molecular flexibility index (Phi) is 5.98. The second-order valence-corrected chi connectivity index (χ2v) is 11.8.